The summed E-state index contributed by atoms with van der Waals surface area (Å²) in [6.07, 6.45) is 2.34. The fraction of sp³-hybridized carbons (Fsp3) is 0.500. The van der Waals surface area contributed by atoms with Crippen LogP contribution in [0.3, 0.4) is 0 Å². The Balaban J connectivity index is 1.94. The second kappa shape index (κ2) is 5.69. The fourth-order valence-corrected chi connectivity index (χ4v) is 2.80. The molecule has 0 amide bonds. The smallest absolute Gasteiger partial charge is 0.213 e. The molecule has 0 saturated carbocycles. The Morgan fingerprint density at radius 3 is 2.61 bits per heavy atom. The number of sulfonamides is 1. The van der Waals surface area contributed by atoms with Gasteiger partial charge in [-0.25, -0.2) is 13.6 Å². The molecule has 1 fully saturated rings. The molecule has 1 saturated heterocycles. The first-order valence-corrected chi connectivity index (χ1v) is 7.81. The van der Waals surface area contributed by atoms with E-state index in [0.29, 0.717) is 11.6 Å². The van der Waals surface area contributed by atoms with Crippen LogP contribution in [-0.2, 0) is 15.8 Å². The lowest BCUT2D eigenvalue weighted by Crippen LogP contribution is -2.38. The van der Waals surface area contributed by atoms with Crippen LogP contribution in [0.15, 0.2) is 24.3 Å². The van der Waals surface area contributed by atoms with Gasteiger partial charge in [-0.1, -0.05) is 12.1 Å². The van der Waals surface area contributed by atoms with Crippen molar-refractivity contribution in [2.45, 2.75) is 24.6 Å². The molecule has 5 nitrogen and oxygen atoms in total. The van der Waals surface area contributed by atoms with Crippen molar-refractivity contribution in [2.24, 2.45) is 5.14 Å². The molecule has 0 bridgehead atoms. The molecule has 4 N–H and O–H groups in total. The molecule has 1 aliphatic rings. The van der Waals surface area contributed by atoms with Gasteiger partial charge in [-0.15, -0.1) is 0 Å². The molecule has 2 rings (SSSR count). The van der Waals surface area contributed by atoms with E-state index in [0.717, 1.165) is 25.2 Å². The molecule has 1 atom stereocenters. The van der Waals surface area contributed by atoms with Gasteiger partial charge in [0.15, 0.2) is 0 Å². The van der Waals surface area contributed by atoms with Gasteiger partial charge in [0.2, 0.25) is 10.0 Å². The van der Waals surface area contributed by atoms with Crippen molar-refractivity contribution >= 4 is 15.7 Å². The van der Waals surface area contributed by atoms with Crippen LogP contribution in [0.25, 0.3) is 0 Å². The zero-order chi connectivity index (χ0) is 13.0. The maximum atomic E-state index is 11.0. The maximum absolute atomic E-state index is 11.0. The number of hydrogen-bond acceptors (Lipinski definition) is 4. The van der Waals surface area contributed by atoms with Crippen molar-refractivity contribution in [3.63, 3.8) is 0 Å². The van der Waals surface area contributed by atoms with E-state index in [1.165, 1.54) is 6.42 Å². The standard InChI is InChI=1S/C12H19N3O2S/c13-18(16,17)9-10-3-5-11(6-4-10)15-12-2-1-7-14-8-12/h3-6,12,14-15H,1-2,7-9H2,(H2,13,16,17). The summed E-state index contributed by atoms with van der Waals surface area (Å²) in [5.41, 5.74) is 1.73. The SMILES string of the molecule is NS(=O)(=O)Cc1ccc(NC2CCCNC2)cc1. The number of primary sulfonamides is 1. The van der Waals surface area contributed by atoms with E-state index in [1.54, 1.807) is 12.1 Å². The number of nitrogens with one attached hydrogen (secondary N) is 2. The van der Waals surface area contributed by atoms with Crippen molar-refractivity contribution in [3.05, 3.63) is 29.8 Å². The fourth-order valence-electron chi connectivity index (χ4n) is 2.14. The Bertz CT molecular complexity index is 479. The van der Waals surface area contributed by atoms with Gasteiger partial charge in [-0.05, 0) is 37.1 Å². The third-order valence-electron chi connectivity index (χ3n) is 2.99. The zero-order valence-corrected chi connectivity index (χ0v) is 11.0. The summed E-state index contributed by atoms with van der Waals surface area (Å²) in [7, 11) is -3.45. The largest absolute Gasteiger partial charge is 0.381 e. The van der Waals surface area contributed by atoms with Crippen molar-refractivity contribution in [1.29, 1.82) is 0 Å². The third kappa shape index (κ3) is 4.29. The first kappa shape index (κ1) is 13.3. The van der Waals surface area contributed by atoms with Gasteiger partial charge in [0.1, 0.15) is 0 Å². The van der Waals surface area contributed by atoms with Crippen LogP contribution in [0.2, 0.25) is 0 Å². The Morgan fingerprint density at radius 1 is 1.33 bits per heavy atom. The van der Waals surface area contributed by atoms with Crippen molar-refractivity contribution in [3.8, 4) is 0 Å². The summed E-state index contributed by atoms with van der Waals surface area (Å²) < 4.78 is 21.9. The zero-order valence-electron chi connectivity index (χ0n) is 10.2. The average molecular weight is 269 g/mol. The summed E-state index contributed by atoms with van der Waals surface area (Å²) in [6.45, 7) is 2.06. The lowest BCUT2D eigenvalue weighted by atomic mass is 10.1. The lowest BCUT2D eigenvalue weighted by Gasteiger charge is -2.24. The van der Waals surface area contributed by atoms with E-state index in [2.05, 4.69) is 10.6 Å². The maximum Gasteiger partial charge on any atom is 0.213 e. The van der Waals surface area contributed by atoms with E-state index in [-0.39, 0.29) is 5.75 Å². The summed E-state index contributed by atoms with van der Waals surface area (Å²) in [5.74, 6) is -0.113. The van der Waals surface area contributed by atoms with Crippen molar-refractivity contribution in [1.82, 2.24) is 5.32 Å². The van der Waals surface area contributed by atoms with Crippen LogP contribution in [0, 0.1) is 0 Å². The van der Waals surface area contributed by atoms with Gasteiger partial charge in [0.25, 0.3) is 0 Å². The Labute approximate surface area is 108 Å². The highest BCUT2D eigenvalue weighted by molar-refractivity contribution is 7.88. The highest BCUT2D eigenvalue weighted by atomic mass is 32.2. The number of rotatable bonds is 4. The highest BCUT2D eigenvalue weighted by Crippen LogP contribution is 2.14. The second-order valence-electron chi connectivity index (χ2n) is 4.69. The Hall–Kier alpha value is -1.11. The predicted molar refractivity (Wildman–Crippen MR) is 72.8 cm³/mol. The van der Waals surface area contributed by atoms with Crippen LogP contribution in [0.4, 0.5) is 5.69 Å². The molecule has 6 heteroatoms. The van der Waals surface area contributed by atoms with Crippen LogP contribution in [0.5, 0.6) is 0 Å². The first-order chi connectivity index (χ1) is 8.53. The molecular weight excluding hydrogens is 250 g/mol. The number of nitrogens with two attached hydrogens (primary N) is 1. The summed E-state index contributed by atoms with van der Waals surface area (Å²) in [5, 5.41) is 11.8. The number of anilines is 1. The van der Waals surface area contributed by atoms with Crippen LogP contribution < -0.4 is 15.8 Å². The molecule has 1 aromatic rings. The third-order valence-corrected chi connectivity index (χ3v) is 3.73. The number of benzene rings is 1. The molecule has 1 aromatic carbocycles. The molecule has 18 heavy (non-hydrogen) atoms. The predicted octanol–water partition coefficient (Wildman–Crippen LogP) is 0.639. The van der Waals surface area contributed by atoms with Gasteiger partial charge < -0.3 is 10.6 Å². The van der Waals surface area contributed by atoms with E-state index in [4.69, 9.17) is 5.14 Å². The summed E-state index contributed by atoms with van der Waals surface area (Å²) in [6, 6.07) is 7.83. The van der Waals surface area contributed by atoms with Gasteiger partial charge in [-0.3, -0.25) is 0 Å². The molecule has 0 aliphatic carbocycles. The minimum absolute atomic E-state index is 0.113. The first-order valence-electron chi connectivity index (χ1n) is 6.09. The normalized spacial score (nSPS) is 20.6. The van der Waals surface area contributed by atoms with Gasteiger partial charge in [0, 0.05) is 18.3 Å². The minimum Gasteiger partial charge on any atom is -0.381 e. The molecule has 0 radical (unpaired) electrons. The molecular formula is C12H19N3O2S. The number of piperidine rings is 1. The molecule has 0 spiro atoms. The van der Waals surface area contributed by atoms with E-state index in [1.807, 2.05) is 12.1 Å². The Morgan fingerprint density at radius 2 is 2.06 bits per heavy atom. The molecule has 1 aliphatic heterocycles. The molecule has 0 aromatic heterocycles. The van der Waals surface area contributed by atoms with Crippen molar-refractivity contribution < 1.29 is 8.42 Å². The van der Waals surface area contributed by atoms with Gasteiger partial charge >= 0.3 is 0 Å². The molecule has 100 valence electrons. The minimum atomic E-state index is -3.45. The second-order valence-corrected chi connectivity index (χ2v) is 6.31. The van der Waals surface area contributed by atoms with Gasteiger partial charge in [-0.2, -0.15) is 0 Å². The average Bonchev–Trinajstić information content (AvgIpc) is 2.31. The van der Waals surface area contributed by atoms with E-state index < -0.39 is 10.0 Å². The van der Waals surface area contributed by atoms with E-state index in [9.17, 15) is 8.42 Å². The van der Waals surface area contributed by atoms with E-state index >= 15 is 0 Å². The topological polar surface area (TPSA) is 84.2 Å². The van der Waals surface area contributed by atoms with Crippen LogP contribution >= 0.6 is 0 Å². The lowest BCUT2D eigenvalue weighted by molar-refractivity contribution is 0.480. The molecule has 1 unspecified atom stereocenters. The quantitative estimate of drug-likeness (QED) is 0.749. The Kier molecular flexibility index (Phi) is 4.21. The summed E-state index contributed by atoms with van der Waals surface area (Å²) >= 11 is 0. The van der Waals surface area contributed by atoms with Crippen molar-refractivity contribution in [2.75, 3.05) is 18.4 Å². The number of hydrogen-bond donors (Lipinski definition) is 3. The monoisotopic (exact) mass is 269 g/mol. The highest BCUT2D eigenvalue weighted by Gasteiger charge is 2.12. The van der Waals surface area contributed by atoms with Crippen LogP contribution in [0.1, 0.15) is 18.4 Å². The van der Waals surface area contributed by atoms with Crippen LogP contribution in [-0.4, -0.2) is 27.5 Å². The molecule has 1 heterocycles. The van der Waals surface area contributed by atoms with Gasteiger partial charge in [0.05, 0.1) is 5.75 Å². The summed E-state index contributed by atoms with van der Waals surface area (Å²) in [4.78, 5) is 0.